The fraction of sp³-hybridized carbons (Fsp3) is 0.833. The molecule has 0 saturated carbocycles. The lowest BCUT2D eigenvalue weighted by Gasteiger charge is -1.96. The van der Waals surface area contributed by atoms with E-state index in [-0.39, 0.29) is 6.61 Å². The van der Waals surface area contributed by atoms with Gasteiger partial charge in [0.1, 0.15) is 0 Å². The largest absolute Gasteiger partial charge is 0.236 e. The summed E-state index contributed by atoms with van der Waals surface area (Å²) in [7, 11) is 0. The zero-order chi connectivity index (χ0) is 9.78. The first-order chi connectivity index (χ1) is 6.41. The van der Waals surface area contributed by atoms with E-state index < -0.39 is 0 Å². The molecule has 0 aliphatic rings. The highest BCUT2D eigenvalue weighted by Gasteiger charge is 1.87. The minimum Gasteiger partial charge on any atom is -0.236 e. The summed E-state index contributed by atoms with van der Waals surface area (Å²) in [6, 6.07) is 0. The number of rotatable bonds is 7. The van der Waals surface area contributed by atoms with E-state index in [1.807, 2.05) is 0 Å². The lowest BCUT2D eigenvalue weighted by Crippen LogP contribution is -1.78. The molecular formula is C12H21O. The van der Waals surface area contributed by atoms with E-state index in [1.54, 1.807) is 0 Å². The molecule has 0 fully saturated rings. The van der Waals surface area contributed by atoms with Crippen LogP contribution in [0.2, 0.25) is 0 Å². The van der Waals surface area contributed by atoms with E-state index >= 15 is 0 Å². The molecular weight excluding hydrogens is 160 g/mol. The summed E-state index contributed by atoms with van der Waals surface area (Å²) < 4.78 is 0. The van der Waals surface area contributed by atoms with Crippen LogP contribution in [-0.2, 0) is 5.11 Å². The summed E-state index contributed by atoms with van der Waals surface area (Å²) in [5.41, 5.74) is 0. The highest BCUT2D eigenvalue weighted by atomic mass is 16.2. The number of unbranched alkanes of at least 4 members (excludes halogenated alkanes) is 6. The number of hydrogen-bond donors (Lipinski definition) is 0. The zero-order valence-corrected chi connectivity index (χ0v) is 8.77. The summed E-state index contributed by atoms with van der Waals surface area (Å²) in [6.07, 6.45) is 9.39. The Kier molecular flexibility index (Phi) is 11.1. The van der Waals surface area contributed by atoms with Gasteiger partial charge >= 0.3 is 0 Å². The SMILES string of the molecule is CCCCCCCCC#CCC[O]. The van der Waals surface area contributed by atoms with Crippen molar-refractivity contribution in [2.24, 2.45) is 0 Å². The average molecular weight is 181 g/mol. The van der Waals surface area contributed by atoms with Crippen LogP contribution in [0.5, 0.6) is 0 Å². The Morgan fingerprint density at radius 2 is 1.46 bits per heavy atom. The van der Waals surface area contributed by atoms with Gasteiger partial charge < -0.3 is 0 Å². The normalized spacial score (nSPS) is 9.38. The minimum absolute atomic E-state index is 0.0521. The van der Waals surface area contributed by atoms with Gasteiger partial charge in [0.05, 0.1) is 6.61 Å². The molecule has 0 rings (SSSR count). The molecule has 0 aromatic carbocycles. The first-order valence-electron chi connectivity index (χ1n) is 5.45. The van der Waals surface area contributed by atoms with Crippen LogP contribution in [0.3, 0.4) is 0 Å². The Hall–Kier alpha value is -0.480. The average Bonchev–Trinajstić information content (AvgIpc) is 2.16. The Bertz CT molecular complexity index is 141. The maximum absolute atomic E-state index is 10.0. The summed E-state index contributed by atoms with van der Waals surface area (Å²) in [6.45, 7) is 2.18. The van der Waals surface area contributed by atoms with E-state index in [4.69, 9.17) is 0 Å². The molecule has 1 radical (unpaired) electrons. The maximum atomic E-state index is 10.0. The number of hydrogen-bond acceptors (Lipinski definition) is 0. The standard InChI is InChI=1S/C12H21O/c1-2-3-4-5-6-7-8-9-10-11-12-13/h2-8,11-12H2,1H3. The molecule has 0 aromatic heterocycles. The van der Waals surface area contributed by atoms with Crippen molar-refractivity contribution in [3.63, 3.8) is 0 Å². The maximum Gasteiger partial charge on any atom is 0.0931 e. The van der Waals surface area contributed by atoms with Crippen molar-refractivity contribution in [3.05, 3.63) is 0 Å². The van der Waals surface area contributed by atoms with Crippen LogP contribution in [0.15, 0.2) is 0 Å². The second-order valence-electron chi connectivity index (χ2n) is 3.33. The summed E-state index contributed by atoms with van der Waals surface area (Å²) >= 11 is 0. The predicted octanol–water partition coefficient (Wildman–Crippen LogP) is 3.56. The van der Waals surface area contributed by atoms with Crippen molar-refractivity contribution in [2.75, 3.05) is 6.61 Å². The molecule has 0 saturated heterocycles. The molecule has 1 heteroatoms. The van der Waals surface area contributed by atoms with Crippen LogP contribution >= 0.6 is 0 Å². The predicted molar refractivity (Wildman–Crippen MR) is 55.9 cm³/mol. The molecule has 0 spiro atoms. The van der Waals surface area contributed by atoms with Gasteiger partial charge in [-0.25, -0.2) is 5.11 Å². The molecule has 13 heavy (non-hydrogen) atoms. The first kappa shape index (κ1) is 12.5. The van der Waals surface area contributed by atoms with E-state index in [2.05, 4.69) is 18.8 Å². The van der Waals surface area contributed by atoms with Gasteiger partial charge in [-0.05, 0) is 6.42 Å². The van der Waals surface area contributed by atoms with Crippen molar-refractivity contribution in [1.29, 1.82) is 0 Å². The first-order valence-corrected chi connectivity index (χ1v) is 5.45. The third-order valence-corrected chi connectivity index (χ3v) is 2.01. The van der Waals surface area contributed by atoms with Crippen molar-refractivity contribution in [2.45, 2.75) is 58.3 Å². The monoisotopic (exact) mass is 181 g/mol. The van der Waals surface area contributed by atoms with Crippen molar-refractivity contribution < 1.29 is 5.11 Å². The molecule has 0 amide bonds. The van der Waals surface area contributed by atoms with E-state index in [0.717, 1.165) is 6.42 Å². The lowest BCUT2D eigenvalue weighted by molar-refractivity contribution is 0.201. The summed E-state index contributed by atoms with van der Waals surface area (Å²) in [4.78, 5) is 0. The molecule has 0 aliphatic heterocycles. The van der Waals surface area contributed by atoms with Crippen LogP contribution in [0.25, 0.3) is 0 Å². The molecule has 0 heterocycles. The highest BCUT2D eigenvalue weighted by Crippen LogP contribution is 2.05. The van der Waals surface area contributed by atoms with Crippen molar-refractivity contribution in [3.8, 4) is 11.8 Å². The van der Waals surface area contributed by atoms with Crippen LogP contribution in [0.4, 0.5) is 0 Å². The zero-order valence-electron chi connectivity index (χ0n) is 8.77. The summed E-state index contributed by atoms with van der Waals surface area (Å²) in [5.74, 6) is 5.90. The Labute approximate surface area is 82.5 Å². The summed E-state index contributed by atoms with van der Waals surface area (Å²) in [5, 5.41) is 10.0. The van der Waals surface area contributed by atoms with Gasteiger partial charge in [0.2, 0.25) is 0 Å². The third kappa shape index (κ3) is 11.5. The van der Waals surface area contributed by atoms with Gasteiger partial charge in [0.25, 0.3) is 0 Å². The van der Waals surface area contributed by atoms with Crippen LogP contribution in [0, 0.1) is 11.8 Å². The fourth-order valence-electron chi connectivity index (χ4n) is 1.22. The van der Waals surface area contributed by atoms with Crippen molar-refractivity contribution >= 4 is 0 Å². The highest BCUT2D eigenvalue weighted by molar-refractivity contribution is 4.98. The van der Waals surface area contributed by atoms with E-state index in [0.29, 0.717) is 6.42 Å². The molecule has 1 nitrogen and oxygen atoms in total. The minimum atomic E-state index is -0.0521. The Morgan fingerprint density at radius 3 is 2.15 bits per heavy atom. The van der Waals surface area contributed by atoms with E-state index in [1.165, 1.54) is 38.5 Å². The van der Waals surface area contributed by atoms with Crippen LogP contribution in [0.1, 0.15) is 58.3 Å². The van der Waals surface area contributed by atoms with Gasteiger partial charge in [-0.15, -0.1) is 11.8 Å². The molecule has 0 aliphatic carbocycles. The molecule has 75 valence electrons. The van der Waals surface area contributed by atoms with Gasteiger partial charge in [-0.1, -0.05) is 39.0 Å². The third-order valence-electron chi connectivity index (χ3n) is 2.01. The van der Waals surface area contributed by atoms with Gasteiger partial charge in [-0.3, -0.25) is 0 Å². The van der Waals surface area contributed by atoms with Gasteiger partial charge in [-0.2, -0.15) is 0 Å². The van der Waals surface area contributed by atoms with Gasteiger partial charge in [0, 0.05) is 12.8 Å². The fourth-order valence-corrected chi connectivity index (χ4v) is 1.22. The lowest BCUT2D eigenvalue weighted by atomic mass is 10.1. The van der Waals surface area contributed by atoms with Crippen LogP contribution in [-0.4, -0.2) is 6.61 Å². The molecule has 0 unspecified atom stereocenters. The molecule has 0 bridgehead atoms. The van der Waals surface area contributed by atoms with Crippen molar-refractivity contribution in [1.82, 2.24) is 0 Å². The second kappa shape index (κ2) is 11.5. The molecule has 0 aromatic rings. The molecule has 0 N–H and O–H groups in total. The van der Waals surface area contributed by atoms with E-state index in [9.17, 15) is 5.11 Å². The molecule has 0 atom stereocenters. The quantitative estimate of drug-likeness (QED) is 0.423. The topological polar surface area (TPSA) is 19.9 Å². The second-order valence-corrected chi connectivity index (χ2v) is 3.33. The Morgan fingerprint density at radius 1 is 0.846 bits per heavy atom. The van der Waals surface area contributed by atoms with Gasteiger partial charge in [0.15, 0.2) is 0 Å². The van der Waals surface area contributed by atoms with Crippen LogP contribution < -0.4 is 0 Å². The Balaban J connectivity index is 2.96. The smallest absolute Gasteiger partial charge is 0.0931 e.